The summed E-state index contributed by atoms with van der Waals surface area (Å²) < 4.78 is 51.1. The standard InChI is InChI=1S/C39H50O9/c1-6-22-41-37-35(48-39(3,4)5)32(40)33(27(2)46-37)47-38-36(44-25-30-20-14-9-15-21-30)34(43-24-29-18-12-8-13-19-29)31(26-45-38)42-23-28-16-10-7-11-17-28/h6-21,27,31-38,40H,1,22-26H2,2-5H3/t27?,31-,32?,33+,34?,35?,36?,37-,38+/m1/s1. The first kappa shape index (κ1) is 36.3. The van der Waals surface area contributed by atoms with Gasteiger partial charge in [0.2, 0.25) is 0 Å². The minimum atomic E-state index is -1.10. The lowest BCUT2D eigenvalue weighted by Gasteiger charge is -2.48. The van der Waals surface area contributed by atoms with E-state index >= 15 is 0 Å². The third-order valence-electron chi connectivity index (χ3n) is 8.17. The molecule has 1 N–H and O–H groups in total. The molecule has 0 radical (unpaired) electrons. The maximum Gasteiger partial charge on any atom is 0.187 e. The van der Waals surface area contributed by atoms with Gasteiger partial charge in [0.05, 0.1) is 44.7 Å². The third kappa shape index (κ3) is 10.3. The van der Waals surface area contributed by atoms with Crippen LogP contribution in [0.3, 0.4) is 0 Å². The second kappa shape index (κ2) is 17.6. The summed E-state index contributed by atoms with van der Waals surface area (Å²) in [6.45, 7) is 12.8. The van der Waals surface area contributed by atoms with Gasteiger partial charge in [0, 0.05) is 0 Å². The van der Waals surface area contributed by atoms with Crippen molar-refractivity contribution in [1.82, 2.24) is 0 Å². The van der Waals surface area contributed by atoms with Crippen LogP contribution in [0.25, 0.3) is 0 Å². The Morgan fingerprint density at radius 1 is 0.708 bits per heavy atom. The van der Waals surface area contributed by atoms with Gasteiger partial charge in [0.15, 0.2) is 12.6 Å². The monoisotopic (exact) mass is 662 g/mol. The first-order valence-corrected chi connectivity index (χ1v) is 16.7. The molecule has 3 aromatic rings. The molecule has 2 saturated heterocycles. The Labute approximate surface area is 284 Å². The molecule has 9 heteroatoms. The molecule has 0 bridgehead atoms. The highest BCUT2D eigenvalue weighted by Crippen LogP contribution is 2.34. The van der Waals surface area contributed by atoms with Crippen LogP contribution in [-0.2, 0) is 57.7 Å². The van der Waals surface area contributed by atoms with Crippen LogP contribution in [0.1, 0.15) is 44.4 Å². The number of hydrogen-bond donors (Lipinski definition) is 1. The Balaban J connectivity index is 1.40. The molecule has 0 saturated carbocycles. The molecule has 9 atom stereocenters. The van der Waals surface area contributed by atoms with Gasteiger partial charge in [-0.3, -0.25) is 0 Å². The van der Waals surface area contributed by atoms with Gasteiger partial charge in [-0.2, -0.15) is 0 Å². The molecule has 3 aromatic carbocycles. The van der Waals surface area contributed by atoms with E-state index in [9.17, 15) is 5.11 Å². The van der Waals surface area contributed by atoms with Gasteiger partial charge >= 0.3 is 0 Å². The molecule has 5 rings (SSSR count). The summed E-state index contributed by atoms with van der Waals surface area (Å²) in [4.78, 5) is 0. The fraction of sp³-hybridized carbons (Fsp3) is 0.487. The number of aliphatic hydroxyl groups excluding tert-OH is 1. The van der Waals surface area contributed by atoms with E-state index in [4.69, 9.17) is 37.9 Å². The molecule has 2 aliphatic rings. The molecule has 2 fully saturated rings. The van der Waals surface area contributed by atoms with Crippen molar-refractivity contribution >= 4 is 0 Å². The highest BCUT2D eigenvalue weighted by atomic mass is 16.7. The smallest absolute Gasteiger partial charge is 0.187 e. The predicted octanol–water partition coefficient (Wildman–Crippen LogP) is 5.98. The molecule has 2 heterocycles. The summed E-state index contributed by atoms with van der Waals surface area (Å²) in [7, 11) is 0. The van der Waals surface area contributed by atoms with Crippen molar-refractivity contribution in [3.05, 3.63) is 120 Å². The third-order valence-corrected chi connectivity index (χ3v) is 8.17. The van der Waals surface area contributed by atoms with Crippen molar-refractivity contribution in [3.8, 4) is 0 Å². The van der Waals surface area contributed by atoms with E-state index in [2.05, 4.69) is 6.58 Å². The van der Waals surface area contributed by atoms with Crippen LogP contribution in [0.2, 0.25) is 0 Å². The zero-order chi connectivity index (χ0) is 33.9. The highest BCUT2D eigenvalue weighted by Gasteiger charge is 2.51. The van der Waals surface area contributed by atoms with Gasteiger partial charge in [-0.15, -0.1) is 6.58 Å². The average molecular weight is 663 g/mol. The lowest BCUT2D eigenvalue weighted by atomic mass is 9.97. The van der Waals surface area contributed by atoms with Crippen LogP contribution in [0, 0.1) is 0 Å². The minimum absolute atomic E-state index is 0.188. The second-order valence-electron chi connectivity index (χ2n) is 13.2. The Morgan fingerprint density at radius 2 is 1.23 bits per heavy atom. The molecule has 260 valence electrons. The van der Waals surface area contributed by atoms with Gasteiger partial charge in [-0.25, -0.2) is 0 Å². The van der Waals surface area contributed by atoms with E-state index in [1.165, 1.54) is 0 Å². The molecular formula is C39H50O9. The molecule has 48 heavy (non-hydrogen) atoms. The largest absolute Gasteiger partial charge is 0.387 e. The molecular weight excluding hydrogens is 612 g/mol. The van der Waals surface area contributed by atoms with Crippen LogP contribution in [0.15, 0.2) is 104 Å². The van der Waals surface area contributed by atoms with E-state index in [-0.39, 0.29) is 19.8 Å². The zero-order valence-corrected chi connectivity index (χ0v) is 28.4. The Kier molecular flexibility index (Phi) is 13.3. The van der Waals surface area contributed by atoms with Gasteiger partial charge in [0.25, 0.3) is 0 Å². The van der Waals surface area contributed by atoms with Gasteiger partial charge in [0.1, 0.15) is 36.6 Å². The lowest BCUT2D eigenvalue weighted by Crippen LogP contribution is -2.63. The first-order valence-electron chi connectivity index (χ1n) is 16.7. The quantitative estimate of drug-likeness (QED) is 0.198. The summed E-state index contributed by atoms with van der Waals surface area (Å²) in [5, 5.41) is 11.7. The summed E-state index contributed by atoms with van der Waals surface area (Å²) >= 11 is 0. The maximum atomic E-state index is 11.7. The molecule has 0 aliphatic carbocycles. The summed E-state index contributed by atoms with van der Waals surface area (Å²) in [6, 6.07) is 29.9. The van der Waals surface area contributed by atoms with E-state index in [0.29, 0.717) is 13.2 Å². The number of ether oxygens (including phenoxy) is 8. The van der Waals surface area contributed by atoms with Crippen LogP contribution >= 0.6 is 0 Å². The Hall–Kier alpha value is -2.96. The predicted molar refractivity (Wildman–Crippen MR) is 181 cm³/mol. The van der Waals surface area contributed by atoms with E-state index < -0.39 is 60.9 Å². The van der Waals surface area contributed by atoms with Crippen molar-refractivity contribution in [2.45, 2.75) is 108 Å². The van der Waals surface area contributed by atoms with Crippen molar-refractivity contribution in [1.29, 1.82) is 0 Å². The normalized spacial score (nSPS) is 29.4. The SMILES string of the molecule is C=CCO[C@@H]1OC(C)[C@H](O[C@@H]2OC[C@@H](OCc3ccccc3)C(OCc3ccccc3)C2OCc2ccccc2)C(O)C1OC(C)(C)C. The molecule has 0 aromatic heterocycles. The van der Waals surface area contributed by atoms with Crippen molar-refractivity contribution in [3.63, 3.8) is 0 Å². The van der Waals surface area contributed by atoms with Crippen LogP contribution < -0.4 is 0 Å². The fourth-order valence-electron chi connectivity index (χ4n) is 5.86. The first-order chi connectivity index (χ1) is 23.2. The topological polar surface area (TPSA) is 94.1 Å². The molecule has 5 unspecified atom stereocenters. The summed E-state index contributed by atoms with van der Waals surface area (Å²) in [5.41, 5.74) is 2.45. The molecule has 2 aliphatic heterocycles. The Morgan fingerprint density at radius 3 is 1.75 bits per heavy atom. The number of hydrogen-bond acceptors (Lipinski definition) is 9. The average Bonchev–Trinajstić information content (AvgIpc) is 3.09. The van der Waals surface area contributed by atoms with Gasteiger partial charge in [-0.1, -0.05) is 97.1 Å². The van der Waals surface area contributed by atoms with E-state index in [1.54, 1.807) is 6.08 Å². The molecule has 0 spiro atoms. The minimum Gasteiger partial charge on any atom is -0.387 e. The van der Waals surface area contributed by atoms with Crippen LogP contribution in [0.5, 0.6) is 0 Å². The highest BCUT2D eigenvalue weighted by molar-refractivity contribution is 5.15. The fourth-order valence-corrected chi connectivity index (χ4v) is 5.86. The summed E-state index contributed by atoms with van der Waals surface area (Å²) in [5.74, 6) is 0. The molecule has 0 amide bonds. The maximum absolute atomic E-state index is 11.7. The lowest BCUT2D eigenvalue weighted by molar-refractivity contribution is -0.360. The van der Waals surface area contributed by atoms with Crippen molar-refractivity contribution < 1.29 is 43.0 Å². The number of rotatable bonds is 15. The van der Waals surface area contributed by atoms with Crippen molar-refractivity contribution in [2.24, 2.45) is 0 Å². The molecule has 9 nitrogen and oxygen atoms in total. The second-order valence-corrected chi connectivity index (χ2v) is 13.2. The Bertz CT molecular complexity index is 1350. The summed E-state index contributed by atoms with van der Waals surface area (Å²) in [6.07, 6.45) is -5.18. The number of aliphatic hydroxyl groups is 1. The van der Waals surface area contributed by atoms with E-state index in [0.717, 1.165) is 16.7 Å². The van der Waals surface area contributed by atoms with E-state index in [1.807, 2.05) is 119 Å². The van der Waals surface area contributed by atoms with Gasteiger partial charge in [-0.05, 0) is 44.4 Å². The number of benzene rings is 3. The van der Waals surface area contributed by atoms with Crippen LogP contribution in [0.4, 0.5) is 0 Å². The van der Waals surface area contributed by atoms with Crippen LogP contribution in [-0.4, -0.2) is 79.2 Å². The zero-order valence-electron chi connectivity index (χ0n) is 28.4. The van der Waals surface area contributed by atoms with Crippen molar-refractivity contribution in [2.75, 3.05) is 13.2 Å². The van der Waals surface area contributed by atoms with Gasteiger partial charge < -0.3 is 43.0 Å².